The summed E-state index contributed by atoms with van der Waals surface area (Å²) in [5, 5.41) is 2.59. The van der Waals surface area contributed by atoms with Gasteiger partial charge in [0.1, 0.15) is 0 Å². The number of carbonyl (C=O) groups is 1. The molecular weight excluding hydrogens is 336 g/mol. The summed E-state index contributed by atoms with van der Waals surface area (Å²) in [6, 6.07) is 6.84. The minimum Gasteiger partial charge on any atom is -0.349 e. The highest BCUT2D eigenvalue weighted by atomic mass is 32.2. The molecule has 2 aliphatic rings. The average Bonchev–Trinajstić information content (AvgIpc) is 2.55. The molecule has 0 aliphatic heterocycles. The molecule has 0 spiro atoms. The van der Waals surface area contributed by atoms with Gasteiger partial charge in [-0.3, -0.25) is 4.79 Å². The number of rotatable bonds is 4. The van der Waals surface area contributed by atoms with Crippen LogP contribution in [-0.2, 0) is 9.84 Å². The molecule has 2 aliphatic carbocycles. The molecule has 138 valence electrons. The lowest BCUT2D eigenvalue weighted by atomic mass is 9.67. The Morgan fingerprint density at radius 2 is 1.76 bits per heavy atom. The number of amides is 1. The third-order valence-corrected chi connectivity index (χ3v) is 7.94. The van der Waals surface area contributed by atoms with E-state index in [0.29, 0.717) is 11.8 Å². The molecule has 0 radical (unpaired) electrons. The Balaban J connectivity index is 1.85. The van der Waals surface area contributed by atoms with Crippen molar-refractivity contribution in [1.29, 1.82) is 0 Å². The molecule has 2 atom stereocenters. The van der Waals surface area contributed by atoms with E-state index in [1.165, 1.54) is 12.5 Å². The summed E-state index contributed by atoms with van der Waals surface area (Å²) in [6.07, 6.45) is 5.23. The zero-order valence-corrected chi connectivity index (χ0v) is 15.8. The lowest BCUT2D eigenvalue weighted by Gasteiger charge is -2.45. The van der Waals surface area contributed by atoms with Crippen LogP contribution in [0.3, 0.4) is 0 Å². The van der Waals surface area contributed by atoms with Crippen molar-refractivity contribution in [2.24, 2.45) is 17.6 Å². The standard InChI is InChI=1S/C19H28N2O3S/c1-12(2)25(23,24)17-9-4-3-8-16(17)19(22)21-18-13-6-5-7-14(18)11-15(20)10-13/h3-4,8-9,12-15,18H,5-7,10-11,20H2,1-2H3,(H,21,22). The van der Waals surface area contributed by atoms with Gasteiger partial charge in [-0.05, 0) is 63.5 Å². The van der Waals surface area contributed by atoms with Gasteiger partial charge in [-0.2, -0.15) is 0 Å². The zero-order valence-electron chi connectivity index (χ0n) is 14.9. The van der Waals surface area contributed by atoms with Gasteiger partial charge in [0.2, 0.25) is 0 Å². The van der Waals surface area contributed by atoms with Crippen molar-refractivity contribution in [2.75, 3.05) is 0 Å². The highest BCUT2D eigenvalue weighted by Gasteiger charge is 2.40. The first kappa shape index (κ1) is 18.4. The molecule has 2 unspecified atom stereocenters. The smallest absolute Gasteiger partial charge is 0.252 e. The summed E-state index contributed by atoms with van der Waals surface area (Å²) in [7, 11) is -3.50. The number of carbonyl (C=O) groups excluding carboxylic acids is 1. The van der Waals surface area contributed by atoms with E-state index in [1.807, 2.05) is 0 Å². The normalized spacial score (nSPS) is 29.4. The Morgan fingerprint density at radius 1 is 1.16 bits per heavy atom. The number of nitrogens with two attached hydrogens (primary N) is 1. The van der Waals surface area contributed by atoms with Crippen LogP contribution < -0.4 is 11.1 Å². The van der Waals surface area contributed by atoms with Crippen molar-refractivity contribution in [1.82, 2.24) is 5.32 Å². The molecule has 1 aromatic carbocycles. The van der Waals surface area contributed by atoms with Crippen molar-refractivity contribution < 1.29 is 13.2 Å². The van der Waals surface area contributed by atoms with Crippen LogP contribution in [0.5, 0.6) is 0 Å². The second-order valence-electron chi connectivity index (χ2n) is 7.77. The highest BCUT2D eigenvalue weighted by molar-refractivity contribution is 7.92. The predicted molar refractivity (Wildman–Crippen MR) is 98.1 cm³/mol. The zero-order chi connectivity index (χ0) is 18.2. The molecule has 2 bridgehead atoms. The van der Waals surface area contributed by atoms with Gasteiger partial charge >= 0.3 is 0 Å². The van der Waals surface area contributed by atoms with Gasteiger partial charge in [0.15, 0.2) is 9.84 Å². The Bertz CT molecular complexity index is 731. The highest BCUT2D eigenvalue weighted by Crippen LogP contribution is 2.39. The summed E-state index contributed by atoms with van der Waals surface area (Å²) in [4.78, 5) is 13.0. The summed E-state index contributed by atoms with van der Waals surface area (Å²) >= 11 is 0. The average molecular weight is 365 g/mol. The molecule has 0 heterocycles. The van der Waals surface area contributed by atoms with Crippen LogP contribution in [0.15, 0.2) is 29.2 Å². The van der Waals surface area contributed by atoms with Crippen LogP contribution in [0.4, 0.5) is 0 Å². The summed E-state index contributed by atoms with van der Waals surface area (Å²) in [5.41, 5.74) is 6.41. The monoisotopic (exact) mass is 364 g/mol. The molecule has 1 amide bonds. The second kappa shape index (κ2) is 7.08. The van der Waals surface area contributed by atoms with Gasteiger partial charge in [-0.25, -0.2) is 8.42 Å². The fourth-order valence-corrected chi connectivity index (χ4v) is 5.65. The maximum Gasteiger partial charge on any atom is 0.252 e. The van der Waals surface area contributed by atoms with E-state index in [0.717, 1.165) is 25.7 Å². The first-order valence-corrected chi connectivity index (χ1v) is 10.7. The first-order chi connectivity index (χ1) is 11.8. The van der Waals surface area contributed by atoms with Crippen LogP contribution in [0.2, 0.25) is 0 Å². The van der Waals surface area contributed by atoms with Crippen molar-refractivity contribution in [3.63, 3.8) is 0 Å². The maximum absolute atomic E-state index is 12.9. The van der Waals surface area contributed by atoms with E-state index in [-0.39, 0.29) is 28.4 Å². The molecular formula is C19H28N2O3S. The second-order valence-corrected chi connectivity index (χ2v) is 10.2. The molecule has 5 nitrogen and oxygen atoms in total. The summed E-state index contributed by atoms with van der Waals surface area (Å²) in [6.45, 7) is 3.27. The Morgan fingerprint density at radius 3 is 2.36 bits per heavy atom. The number of fused-ring (bicyclic) bond motifs is 2. The number of hydrogen-bond donors (Lipinski definition) is 2. The van der Waals surface area contributed by atoms with E-state index in [4.69, 9.17) is 5.73 Å². The number of benzene rings is 1. The molecule has 25 heavy (non-hydrogen) atoms. The predicted octanol–water partition coefficient (Wildman–Crippen LogP) is 2.50. The van der Waals surface area contributed by atoms with Crippen LogP contribution in [0, 0.1) is 11.8 Å². The van der Waals surface area contributed by atoms with Crippen molar-refractivity contribution in [3.8, 4) is 0 Å². The van der Waals surface area contributed by atoms with E-state index in [9.17, 15) is 13.2 Å². The molecule has 2 saturated carbocycles. The molecule has 3 rings (SSSR count). The summed E-state index contributed by atoms with van der Waals surface area (Å²) in [5.74, 6) is 0.526. The molecule has 0 aromatic heterocycles. The van der Waals surface area contributed by atoms with Gasteiger partial charge in [0.25, 0.3) is 5.91 Å². The van der Waals surface area contributed by atoms with Gasteiger partial charge in [0, 0.05) is 12.1 Å². The van der Waals surface area contributed by atoms with Crippen molar-refractivity contribution in [2.45, 2.75) is 68.2 Å². The van der Waals surface area contributed by atoms with E-state index in [2.05, 4.69) is 5.32 Å². The summed E-state index contributed by atoms with van der Waals surface area (Å²) < 4.78 is 25.2. The molecule has 0 saturated heterocycles. The number of nitrogens with one attached hydrogen (secondary N) is 1. The SMILES string of the molecule is CC(C)S(=O)(=O)c1ccccc1C(=O)NC1C2CCCC1CC(N)C2. The quantitative estimate of drug-likeness (QED) is 0.859. The fraction of sp³-hybridized carbons (Fsp3) is 0.632. The third-order valence-electron chi connectivity index (χ3n) is 5.73. The Hall–Kier alpha value is -1.40. The number of sulfone groups is 1. The fourth-order valence-electron chi connectivity index (χ4n) is 4.41. The Labute approximate surface area is 150 Å². The van der Waals surface area contributed by atoms with E-state index >= 15 is 0 Å². The minimum absolute atomic E-state index is 0.107. The largest absolute Gasteiger partial charge is 0.349 e. The molecule has 2 fully saturated rings. The first-order valence-electron chi connectivity index (χ1n) is 9.20. The van der Waals surface area contributed by atoms with Crippen LogP contribution in [0.1, 0.15) is 56.3 Å². The Kier molecular flexibility index (Phi) is 5.21. The van der Waals surface area contributed by atoms with Crippen molar-refractivity contribution >= 4 is 15.7 Å². The van der Waals surface area contributed by atoms with Crippen LogP contribution >= 0.6 is 0 Å². The minimum atomic E-state index is -3.50. The molecule has 6 heteroatoms. The lowest BCUT2D eigenvalue weighted by Crippen LogP contribution is -2.53. The maximum atomic E-state index is 12.9. The lowest BCUT2D eigenvalue weighted by molar-refractivity contribution is 0.0753. The van der Waals surface area contributed by atoms with Crippen LogP contribution in [0.25, 0.3) is 0 Å². The van der Waals surface area contributed by atoms with E-state index in [1.54, 1.807) is 32.0 Å². The number of hydrogen-bond acceptors (Lipinski definition) is 4. The van der Waals surface area contributed by atoms with Crippen LogP contribution in [-0.4, -0.2) is 31.7 Å². The van der Waals surface area contributed by atoms with E-state index < -0.39 is 15.1 Å². The topological polar surface area (TPSA) is 89.3 Å². The molecule has 3 N–H and O–H groups in total. The van der Waals surface area contributed by atoms with Gasteiger partial charge in [0.05, 0.1) is 15.7 Å². The van der Waals surface area contributed by atoms with Crippen molar-refractivity contribution in [3.05, 3.63) is 29.8 Å². The van der Waals surface area contributed by atoms with Gasteiger partial charge < -0.3 is 11.1 Å². The third kappa shape index (κ3) is 3.60. The molecule has 1 aromatic rings. The van der Waals surface area contributed by atoms with Gasteiger partial charge in [-0.1, -0.05) is 18.6 Å². The van der Waals surface area contributed by atoms with Gasteiger partial charge in [-0.15, -0.1) is 0 Å².